The summed E-state index contributed by atoms with van der Waals surface area (Å²) in [5.74, 6) is 2.67. The maximum atomic E-state index is 5.88. The molecule has 6 heteroatoms. The van der Waals surface area contributed by atoms with Gasteiger partial charge in [-0.1, -0.05) is 18.2 Å². The molecule has 0 saturated heterocycles. The monoisotopic (exact) mass is 372 g/mol. The lowest BCUT2D eigenvalue weighted by Gasteiger charge is -2.08. The van der Waals surface area contributed by atoms with Gasteiger partial charge in [0.1, 0.15) is 5.75 Å². The molecule has 2 heterocycles. The number of hydrogen-bond acceptors (Lipinski definition) is 5. The van der Waals surface area contributed by atoms with E-state index in [0.29, 0.717) is 23.4 Å². The maximum absolute atomic E-state index is 5.88. The Balaban J connectivity index is 1.57. The number of rotatable bonds is 6. The fourth-order valence-corrected chi connectivity index (χ4v) is 3.23. The number of para-hydroxylation sites is 1. The average Bonchev–Trinajstić information content (AvgIpc) is 3.26. The van der Waals surface area contributed by atoms with Crippen molar-refractivity contribution in [1.29, 1.82) is 0 Å². The van der Waals surface area contributed by atoms with Crippen molar-refractivity contribution in [1.82, 2.24) is 20.0 Å². The van der Waals surface area contributed by atoms with Gasteiger partial charge in [-0.15, -0.1) is 10.2 Å². The first-order valence-corrected chi connectivity index (χ1v) is 9.43. The fraction of sp³-hybridized carbons (Fsp3) is 0.227. The van der Waals surface area contributed by atoms with E-state index < -0.39 is 0 Å². The zero-order valence-corrected chi connectivity index (χ0v) is 15.6. The highest BCUT2D eigenvalue weighted by atomic mass is 16.5. The summed E-state index contributed by atoms with van der Waals surface area (Å²) in [6, 6.07) is 19.9. The lowest BCUT2D eigenvalue weighted by molar-refractivity contribution is 0.415. The molecule has 1 aliphatic carbocycles. The third-order valence-electron chi connectivity index (χ3n) is 4.94. The van der Waals surface area contributed by atoms with Crippen molar-refractivity contribution in [2.24, 2.45) is 5.92 Å². The zero-order valence-electron chi connectivity index (χ0n) is 15.6. The van der Waals surface area contributed by atoms with Gasteiger partial charge < -0.3 is 9.15 Å². The van der Waals surface area contributed by atoms with Crippen LogP contribution in [0.4, 0.5) is 0 Å². The molecule has 0 amide bonds. The van der Waals surface area contributed by atoms with E-state index in [1.807, 2.05) is 65.3 Å². The van der Waals surface area contributed by atoms with E-state index in [0.717, 1.165) is 29.1 Å². The molecule has 4 aromatic rings. The van der Waals surface area contributed by atoms with Crippen molar-refractivity contribution in [3.63, 3.8) is 0 Å². The fourth-order valence-electron chi connectivity index (χ4n) is 3.23. The van der Waals surface area contributed by atoms with Crippen molar-refractivity contribution < 1.29 is 9.15 Å². The van der Waals surface area contributed by atoms with Crippen LogP contribution in [-0.2, 0) is 6.42 Å². The molecule has 5 rings (SSSR count). The largest absolute Gasteiger partial charge is 0.497 e. The highest BCUT2D eigenvalue weighted by Gasteiger charge is 2.25. The van der Waals surface area contributed by atoms with Gasteiger partial charge in [-0.05, 0) is 61.2 Å². The van der Waals surface area contributed by atoms with Gasteiger partial charge in [0.25, 0.3) is 5.89 Å². The highest BCUT2D eigenvalue weighted by Crippen LogP contribution is 2.33. The topological polar surface area (TPSA) is 66.0 Å². The van der Waals surface area contributed by atoms with Crippen molar-refractivity contribution in [2.45, 2.75) is 19.3 Å². The number of hydrogen-bond donors (Lipinski definition) is 0. The number of benzene rings is 2. The summed E-state index contributed by atoms with van der Waals surface area (Å²) in [5, 5.41) is 13.2. The van der Waals surface area contributed by atoms with Crippen LogP contribution in [0.3, 0.4) is 0 Å². The zero-order chi connectivity index (χ0) is 18.9. The Bertz CT molecular complexity index is 1080. The standard InChI is InChI=1S/C22H20N4O2/c1-27-18-11-9-16(10-12-18)20-14-19(25-26(20)17-5-3-2-4-6-17)22-24-23-21(28-22)13-15-7-8-15/h2-6,9-12,14-15H,7-8,13H2,1H3. The van der Waals surface area contributed by atoms with Crippen LogP contribution < -0.4 is 4.74 Å². The molecule has 1 fully saturated rings. The Morgan fingerprint density at radius 3 is 2.54 bits per heavy atom. The lowest BCUT2D eigenvalue weighted by Crippen LogP contribution is -1.99. The summed E-state index contributed by atoms with van der Waals surface area (Å²) < 4.78 is 13.1. The minimum atomic E-state index is 0.458. The van der Waals surface area contributed by atoms with Gasteiger partial charge in [-0.25, -0.2) is 4.68 Å². The molecule has 0 spiro atoms. The normalized spacial score (nSPS) is 13.6. The average molecular weight is 372 g/mol. The van der Waals surface area contributed by atoms with Crippen molar-refractivity contribution >= 4 is 0 Å². The molecule has 2 aromatic carbocycles. The lowest BCUT2D eigenvalue weighted by atomic mass is 10.1. The summed E-state index contributed by atoms with van der Waals surface area (Å²) in [7, 11) is 1.66. The van der Waals surface area contributed by atoms with Crippen molar-refractivity contribution in [3.05, 3.63) is 66.6 Å². The maximum Gasteiger partial charge on any atom is 0.268 e. The van der Waals surface area contributed by atoms with Gasteiger partial charge in [-0.3, -0.25) is 0 Å². The second kappa shape index (κ2) is 6.96. The van der Waals surface area contributed by atoms with E-state index >= 15 is 0 Å². The number of aromatic nitrogens is 4. The van der Waals surface area contributed by atoms with Gasteiger partial charge in [0.05, 0.1) is 18.5 Å². The molecule has 0 N–H and O–H groups in total. The van der Waals surface area contributed by atoms with E-state index in [2.05, 4.69) is 10.2 Å². The smallest absolute Gasteiger partial charge is 0.268 e. The Morgan fingerprint density at radius 1 is 1.04 bits per heavy atom. The Morgan fingerprint density at radius 2 is 1.82 bits per heavy atom. The summed E-state index contributed by atoms with van der Waals surface area (Å²) in [4.78, 5) is 0. The SMILES string of the molecule is COc1ccc(-c2cc(-c3nnc(CC4CC4)o3)nn2-c2ccccc2)cc1. The molecule has 0 unspecified atom stereocenters. The molecule has 28 heavy (non-hydrogen) atoms. The second-order valence-corrected chi connectivity index (χ2v) is 7.04. The molecular weight excluding hydrogens is 352 g/mol. The van der Waals surface area contributed by atoms with Crippen LogP contribution in [0.2, 0.25) is 0 Å². The molecule has 1 aliphatic rings. The summed E-state index contributed by atoms with van der Waals surface area (Å²) in [5.41, 5.74) is 3.62. The van der Waals surface area contributed by atoms with Gasteiger partial charge >= 0.3 is 0 Å². The summed E-state index contributed by atoms with van der Waals surface area (Å²) in [6.45, 7) is 0. The van der Waals surface area contributed by atoms with Crippen LogP contribution in [0.25, 0.3) is 28.5 Å². The van der Waals surface area contributed by atoms with Crippen LogP contribution in [0, 0.1) is 5.92 Å². The van der Waals surface area contributed by atoms with E-state index in [9.17, 15) is 0 Å². The Hall–Kier alpha value is -3.41. The second-order valence-electron chi connectivity index (χ2n) is 7.04. The van der Waals surface area contributed by atoms with E-state index in [-0.39, 0.29) is 0 Å². The quantitative estimate of drug-likeness (QED) is 0.497. The third-order valence-corrected chi connectivity index (χ3v) is 4.94. The summed E-state index contributed by atoms with van der Waals surface area (Å²) in [6.07, 6.45) is 3.36. The molecule has 6 nitrogen and oxygen atoms in total. The Labute approximate surface area is 162 Å². The van der Waals surface area contributed by atoms with Crippen molar-refractivity contribution in [3.8, 4) is 34.3 Å². The van der Waals surface area contributed by atoms with Gasteiger partial charge in [-0.2, -0.15) is 5.10 Å². The molecule has 140 valence electrons. The van der Waals surface area contributed by atoms with Crippen LogP contribution in [-0.4, -0.2) is 27.1 Å². The molecule has 0 radical (unpaired) electrons. The van der Waals surface area contributed by atoms with Crippen LogP contribution >= 0.6 is 0 Å². The predicted molar refractivity (Wildman–Crippen MR) is 105 cm³/mol. The summed E-state index contributed by atoms with van der Waals surface area (Å²) >= 11 is 0. The predicted octanol–water partition coefficient (Wildman–Crippen LogP) is 4.55. The first-order valence-electron chi connectivity index (χ1n) is 9.43. The molecular formula is C22H20N4O2. The third kappa shape index (κ3) is 3.29. The van der Waals surface area contributed by atoms with Crippen LogP contribution in [0.1, 0.15) is 18.7 Å². The molecule has 0 aliphatic heterocycles. The van der Waals surface area contributed by atoms with Gasteiger partial charge in [0, 0.05) is 12.0 Å². The first-order chi connectivity index (χ1) is 13.8. The minimum absolute atomic E-state index is 0.458. The van der Waals surface area contributed by atoms with Crippen LogP contribution in [0.5, 0.6) is 5.75 Å². The number of nitrogens with zero attached hydrogens (tertiary/aromatic N) is 4. The molecule has 1 saturated carbocycles. The van der Waals surface area contributed by atoms with E-state index in [1.54, 1.807) is 7.11 Å². The molecule has 2 aromatic heterocycles. The van der Waals surface area contributed by atoms with Crippen LogP contribution in [0.15, 0.2) is 65.1 Å². The Kier molecular flexibility index (Phi) is 4.16. The minimum Gasteiger partial charge on any atom is -0.497 e. The highest BCUT2D eigenvalue weighted by molar-refractivity contribution is 5.68. The number of ether oxygens (including phenoxy) is 1. The number of methoxy groups -OCH3 is 1. The molecule has 0 bridgehead atoms. The van der Waals surface area contributed by atoms with E-state index in [4.69, 9.17) is 14.3 Å². The first kappa shape index (κ1) is 16.7. The van der Waals surface area contributed by atoms with Gasteiger partial charge in [0.15, 0.2) is 5.69 Å². The van der Waals surface area contributed by atoms with E-state index in [1.165, 1.54) is 12.8 Å². The van der Waals surface area contributed by atoms with Crippen molar-refractivity contribution in [2.75, 3.05) is 7.11 Å². The molecule has 0 atom stereocenters. The van der Waals surface area contributed by atoms with Gasteiger partial charge in [0.2, 0.25) is 5.89 Å².